The Balaban J connectivity index is 1.20. The van der Waals surface area contributed by atoms with Crippen molar-refractivity contribution in [1.29, 1.82) is 0 Å². The first-order valence-electron chi connectivity index (χ1n) is 12.1. The lowest BCUT2D eigenvalue weighted by Gasteiger charge is -2.33. The number of hydrogen-bond acceptors (Lipinski definition) is 4. The minimum atomic E-state index is 0.127. The molecule has 2 unspecified atom stereocenters. The van der Waals surface area contributed by atoms with Gasteiger partial charge in [0.25, 0.3) is 0 Å². The molecule has 33 heavy (non-hydrogen) atoms. The van der Waals surface area contributed by atoms with Crippen LogP contribution in [0.1, 0.15) is 48.0 Å². The number of benzene rings is 1. The Morgan fingerprint density at radius 3 is 2.79 bits per heavy atom. The van der Waals surface area contributed by atoms with Gasteiger partial charge in [-0.25, -0.2) is 4.98 Å². The number of anilines is 1. The van der Waals surface area contributed by atoms with E-state index in [1.807, 2.05) is 23.1 Å². The number of aromatic nitrogens is 2. The molecular formula is C26H30ClN5O. The number of piperazine rings is 1. The summed E-state index contributed by atoms with van der Waals surface area (Å²) in [5.74, 6) is 1.47. The van der Waals surface area contributed by atoms with Crippen LogP contribution in [0.15, 0.2) is 36.4 Å². The predicted molar refractivity (Wildman–Crippen MR) is 132 cm³/mol. The molecule has 1 aromatic carbocycles. The van der Waals surface area contributed by atoms with Crippen molar-refractivity contribution in [2.24, 2.45) is 7.05 Å². The van der Waals surface area contributed by atoms with Crippen LogP contribution in [0.5, 0.6) is 0 Å². The first-order chi connectivity index (χ1) is 16.1. The van der Waals surface area contributed by atoms with E-state index in [9.17, 15) is 4.79 Å². The zero-order valence-corrected chi connectivity index (χ0v) is 19.8. The van der Waals surface area contributed by atoms with Crippen LogP contribution in [0.4, 0.5) is 5.82 Å². The summed E-state index contributed by atoms with van der Waals surface area (Å²) in [5.41, 5.74) is 5.15. The fourth-order valence-electron chi connectivity index (χ4n) is 5.98. The van der Waals surface area contributed by atoms with E-state index < -0.39 is 0 Å². The number of nitrogens with zero attached hydrogens (tertiary/aromatic N) is 4. The number of hydrogen-bond donors (Lipinski definition) is 1. The topological polar surface area (TPSA) is 53.4 Å². The van der Waals surface area contributed by atoms with Gasteiger partial charge in [0.05, 0.1) is 6.54 Å². The van der Waals surface area contributed by atoms with E-state index in [2.05, 4.69) is 40.0 Å². The maximum absolute atomic E-state index is 13.0. The number of rotatable bonds is 4. The van der Waals surface area contributed by atoms with Gasteiger partial charge in [-0.2, -0.15) is 0 Å². The van der Waals surface area contributed by atoms with Gasteiger partial charge in [-0.3, -0.25) is 14.6 Å². The van der Waals surface area contributed by atoms with Crippen LogP contribution in [0.25, 0.3) is 11.0 Å². The molecule has 7 rings (SSSR count). The second-order valence-corrected chi connectivity index (χ2v) is 10.1. The van der Waals surface area contributed by atoms with Crippen molar-refractivity contribution in [1.82, 2.24) is 19.8 Å². The number of fused-ring (bicyclic) bond motifs is 4. The van der Waals surface area contributed by atoms with Crippen LogP contribution >= 0.6 is 11.6 Å². The van der Waals surface area contributed by atoms with Gasteiger partial charge in [0.2, 0.25) is 5.91 Å². The summed E-state index contributed by atoms with van der Waals surface area (Å²) in [6.45, 7) is 3.90. The fourth-order valence-corrected chi connectivity index (χ4v) is 6.10. The van der Waals surface area contributed by atoms with Crippen molar-refractivity contribution in [3.05, 3.63) is 58.2 Å². The molecule has 7 heteroatoms. The smallest absolute Gasteiger partial charge is 0.242 e. The van der Waals surface area contributed by atoms with E-state index in [-0.39, 0.29) is 5.91 Å². The molecule has 172 valence electrons. The lowest BCUT2D eigenvalue weighted by atomic mass is 9.93. The summed E-state index contributed by atoms with van der Waals surface area (Å²) < 4.78 is 2.30. The summed E-state index contributed by atoms with van der Waals surface area (Å²) in [7, 11) is 2.15. The number of halogens is 1. The van der Waals surface area contributed by atoms with E-state index in [1.54, 1.807) is 0 Å². The van der Waals surface area contributed by atoms with Crippen LogP contribution in [0, 0.1) is 0 Å². The third kappa shape index (κ3) is 3.74. The molecule has 0 saturated carbocycles. The van der Waals surface area contributed by atoms with Crippen molar-refractivity contribution in [2.45, 2.75) is 37.6 Å². The minimum absolute atomic E-state index is 0.127. The van der Waals surface area contributed by atoms with Crippen LogP contribution in [0.3, 0.4) is 0 Å². The first kappa shape index (κ1) is 21.1. The summed E-state index contributed by atoms with van der Waals surface area (Å²) in [4.78, 5) is 22.2. The maximum atomic E-state index is 13.0. The molecule has 4 aliphatic rings. The average Bonchev–Trinajstić information content (AvgIpc) is 2.99. The molecule has 1 aliphatic carbocycles. The lowest BCUT2D eigenvalue weighted by Crippen LogP contribution is -2.51. The third-order valence-electron chi connectivity index (χ3n) is 7.70. The Kier molecular flexibility index (Phi) is 5.40. The Labute approximate surface area is 199 Å². The van der Waals surface area contributed by atoms with Crippen molar-refractivity contribution in [3.8, 4) is 0 Å². The van der Waals surface area contributed by atoms with E-state index in [0.717, 1.165) is 42.5 Å². The van der Waals surface area contributed by atoms with Gasteiger partial charge in [-0.1, -0.05) is 30.2 Å². The van der Waals surface area contributed by atoms with E-state index in [1.165, 1.54) is 41.5 Å². The third-order valence-corrected chi connectivity index (χ3v) is 7.96. The Hall–Kier alpha value is -2.41. The highest BCUT2D eigenvalue weighted by Gasteiger charge is 2.35. The number of carbonyl (C=O) groups is 1. The Morgan fingerprint density at radius 1 is 1.12 bits per heavy atom. The molecular weight excluding hydrogens is 434 g/mol. The van der Waals surface area contributed by atoms with Crippen LogP contribution in [-0.4, -0.2) is 53.1 Å². The van der Waals surface area contributed by atoms with E-state index >= 15 is 0 Å². The molecule has 2 atom stereocenters. The van der Waals surface area contributed by atoms with Crippen LogP contribution in [-0.2, 0) is 18.3 Å². The number of carbonyl (C=O) groups excluding carboxylic acids is 1. The van der Waals surface area contributed by atoms with E-state index in [0.29, 0.717) is 25.0 Å². The zero-order chi connectivity index (χ0) is 22.5. The van der Waals surface area contributed by atoms with Gasteiger partial charge < -0.3 is 9.88 Å². The van der Waals surface area contributed by atoms with E-state index in [4.69, 9.17) is 16.6 Å². The van der Waals surface area contributed by atoms with Crippen LogP contribution in [0.2, 0.25) is 5.02 Å². The highest BCUT2D eigenvalue weighted by atomic mass is 35.5. The lowest BCUT2D eigenvalue weighted by molar-refractivity contribution is -0.121. The summed E-state index contributed by atoms with van der Waals surface area (Å²) >= 11 is 5.98. The second kappa shape index (κ2) is 8.42. The predicted octanol–water partition coefficient (Wildman–Crippen LogP) is 4.03. The van der Waals surface area contributed by atoms with Crippen molar-refractivity contribution >= 4 is 34.4 Å². The highest BCUT2D eigenvalue weighted by Crippen LogP contribution is 2.44. The Bertz CT molecular complexity index is 1200. The molecule has 2 aromatic heterocycles. The molecule has 3 aromatic rings. The second-order valence-electron chi connectivity index (χ2n) is 9.69. The number of aryl methyl sites for hydroxylation is 1. The molecule has 3 aliphatic heterocycles. The highest BCUT2D eigenvalue weighted by molar-refractivity contribution is 6.30. The van der Waals surface area contributed by atoms with Crippen LogP contribution < -0.4 is 10.2 Å². The first-order valence-corrected chi connectivity index (χ1v) is 12.5. The molecule has 0 radical (unpaired) electrons. The van der Waals surface area contributed by atoms with Gasteiger partial charge in [-0.05, 0) is 54.7 Å². The number of nitrogens with one attached hydrogen (secondary N) is 1. The number of amides is 1. The van der Waals surface area contributed by atoms with Crippen molar-refractivity contribution < 1.29 is 4.79 Å². The summed E-state index contributed by atoms with van der Waals surface area (Å²) in [6, 6.07) is 12.6. The minimum Gasteiger partial charge on any atom is -0.332 e. The molecule has 5 heterocycles. The van der Waals surface area contributed by atoms with Crippen molar-refractivity contribution in [3.63, 3.8) is 0 Å². The molecule has 2 bridgehead atoms. The molecule has 0 spiro atoms. The van der Waals surface area contributed by atoms with Gasteiger partial charge in [0, 0.05) is 61.3 Å². The fraction of sp³-hybridized carbons (Fsp3) is 0.462. The quantitative estimate of drug-likeness (QED) is 0.634. The van der Waals surface area contributed by atoms with Gasteiger partial charge >= 0.3 is 0 Å². The zero-order valence-electron chi connectivity index (χ0n) is 19.1. The summed E-state index contributed by atoms with van der Waals surface area (Å²) in [5, 5.41) is 5.74. The standard InChI is InChI=1S/C26H30ClN5O/c1-30-25-18-3-2-4-21(28-15-18)24(25)20-9-10-22(29-26(20)30)32-14-13-31(16-23(32)33)12-11-17-5-7-19(27)8-6-17/h5-10,18,21,28H,2-4,11-16H2,1H3. The largest absolute Gasteiger partial charge is 0.332 e. The maximum Gasteiger partial charge on any atom is 0.242 e. The van der Waals surface area contributed by atoms with Gasteiger partial charge in [0.15, 0.2) is 0 Å². The number of pyridine rings is 1. The van der Waals surface area contributed by atoms with Gasteiger partial charge in [-0.15, -0.1) is 0 Å². The summed E-state index contributed by atoms with van der Waals surface area (Å²) in [6.07, 6.45) is 4.63. The molecule has 2 saturated heterocycles. The molecule has 1 amide bonds. The average molecular weight is 464 g/mol. The van der Waals surface area contributed by atoms with Gasteiger partial charge in [0.1, 0.15) is 11.5 Å². The normalized spacial score (nSPS) is 23.2. The molecule has 1 N–H and O–H groups in total. The monoisotopic (exact) mass is 463 g/mol. The molecule has 2 fully saturated rings. The Morgan fingerprint density at radius 2 is 1.97 bits per heavy atom. The molecule has 6 nitrogen and oxygen atoms in total. The van der Waals surface area contributed by atoms with Crippen molar-refractivity contribution in [2.75, 3.05) is 37.6 Å². The SMILES string of the molecule is Cn1c2c(c3ccc(N4CCN(CCc5ccc(Cl)cc5)CC4=O)nc31)C1CCCC2CN1.